The van der Waals surface area contributed by atoms with Gasteiger partial charge in [0.15, 0.2) is 0 Å². The maximum atomic E-state index is 6.10. The second-order valence-electron chi connectivity index (χ2n) is 4.97. The fourth-order valence-corrected chi connectivity index (χ4v) is 8.71. The average Bonchev–Trinajstić information content (AvgIpc) is 3.31. The smallest absolute Gasteiger partial charge is 0.143 e. The average molecular weight is 464 g/mol. The Bertz CT molecular complexity index is 960. The van der Waals surface area contributed by atoms with Crippen LogP contribution in [0.25, 0.3) is 29.3 Å². The molecule has 0 bridgehead atoms. The van der Waals surface area contributed by atoms with E-state index in [4.69, 9.17) is 33.2 Å². The first-order chi connectivity index (χ1) is 11.5. The second-order valence-corrected chi connectivity index (χ2v) is 17.9. The summed E-state index contributed by atoms with van der Waals surface area (Å²) in [6.45, 7) is 0. The predicted molar refractivity (Wildman–Crippen MR) is 117 cm³/mol. The molecule has 0 aromatic carbocycles. The summed E-state index contributed by atoms with van der Waals surface area (Å²) < 4.78 is 0.883. The predicted octanol–water partition coefficient (Wildman–Crippen LogP) is 7.80. The number of halogens is 3. The molecule has 8 heteroatoms. The maximum Gasteiger partial charge on any atom is 0.383 e. The zero-order valence-electron chi connectivity index (χ0n) is 12.0. The molecule has 4 aromatic heterocycles. The van der Waals surface area contributed by atoms with Gasteiger partial charge >= 0.3 is 6.00 Å². The van der Waals surface area contributed by atoms with Crippen LogP contribution in [0.3, 0.4) is 0 Å². The highest BCUT2D eigenvalue weighted by atomic mass is 35.8. The summed E-state index contributed by atoms with van der Waals surface area (Å²) in [5, 5.41) is 2.11. The van der Waals surface area contributed by atoms with Gasteiger partial charge in [-0.15, -0.1) is 78.6 Å². The van der Waals surface area contributed by atoms with E-state index in [0.717, 1.165) is 9.38 Å². The highest BCUT2D eigenvalue weighted by Crippen LogP contribution is 2.42. The van der Waals surface area contributed by atoms with Gasteiger partial charge in [0.25, 0.3) is 0 Å². The van der Waals surface area contributed by atoms with Crippen molar-refractivity contribution < 1.29 is 0 Å². The van der Waals surface area contributed by atoms with Crippen molar-refractivity contribution in [3.63, 3.8) is 0 Å². The molecular formula is C16H9Cl3S4Si. The fraction of sp³-hybridized carbons (Fsp3) is 0. The minimum Gasteiger partial charge on any atom is -0.143 e. The van der Waals surface area contributed by atoms with E-state index >= 15 is 0 Å². The van der Waals surface area contributed by atoms with Gasteiger partial charge in [-0.05, 0) is 47.8 Å². The van der Waals surface area contributed by atoms with Crippen LogP contribution in [0, 0.1) is 0 Å². The molecule has 0 aliphatic heterocycles. The quantitative estimate of drug-likeness (QED) is 0.214. The van der Waals surface area contributed by atoms with Gasteiger partial charge in [-0.25, -0.2) is 0 Å². The van der Waals surface area contributed by atoms with Crippen molar-refractivity contribution in [2.45, 2.75) is 0 Å². The Hall–Kier alpha value is -0.113. The lowest BCUT2D eigenvalue weighted by Crippen LogP contribution is -2.26. The first-order valence-corrected chi connectivity index (χ1v) is 15.3. The summed E-state index contributed by atoms with van der Waals surface area (Å²) in [6, 6.07) is 14.2. The Morgan fingerprint density at radius 3 is 1.54 bits per heavy atom. The van der Waals surface area contributed by atoms with Crippen molar-refractivity contribution in [3.05, 3.63) is 53.9 Å². The lowest BCUT2D eigenvalue weighted by Gasteiger charge is -2.02. The van der Waals surface area contributed by atoms with Crippen LogP contribution in [-0.4, -0.2) is 6.00 Å². The van der Waals surface area contributed by atoms with Gasteiger partial charge in [0, 0.05) is 33.8 Å². The monoisotopic (exact) mass is 462 g/mol. The summed E-state index contributed by atoms with van der Waals surface area (Å²) in [6.07, 6.45) is 0. The van der Waals surface area contributed by atoms with Crippen LogP contribution in [-0.2, 0) is 0 Å². The lowest BCUT2D eigenvalue weighted by atomic mass is 10.3. The van der Waals surface area contributed by atoms with Crippen LogP contribution < -0.4 is 4.50 Å². The van der Waals surface area contributed by atoms with Crippen LogP contribution in [0.5, 0.6) is 0 Å². The molecule has 0 spiro atoms. The van der Waals surface area contributed by atoms with Crippen LogP contribution in [0.4, 0.5) is 0 Å². The summed E-state index contributed by atoms with van der Waals surface area (Å²) >= 11 is 25.3. The molecule has 24 heavy (non-hydrogen) atoms. The van der Waals surface area contributed by atoms with Crippen LogP contribution in [0.1, 0.15) is 0 Å². The van der Waals surface area contributed by atoms with E-state index in [0.29, 0.717) is 0 Å². The second kappa shape index (κ2) is 6.89. The van der Waals surface area contributed by atoms with Crippen molar-refractivity contribution in [2.75, 3.05) is 0 Å². The molecule has 0 aliphatic carbocycles. The number of rotatable bonds is 4. The van der Waals surface area contributed by atoms with Crippen LogP contribution in [0.2, 0.25) is 0 Å². The molecule has 0 unspecified atom stereocenters. The van der Waals surface area contributed by atoms with Gasteiger partial charge in [-0.3, -0.25) is 0 Å². The van der Waals surface area contributed by atoms with Crippen molar-refractivity contribution in [1.82, 2.24) is 0 Å². The number of thiophene rings is 4. The zero-order chi connectivity index (χ0) is 16.7. The van der Waals surface area contributed by atoms with E-state index in [1.807, 2.05) is 17.4 Å². The van der Waals surface area contributed by atoms with Gasteiger partial charge in [0.1, 0.15) is 0 Å². The molecule has 122 valence electrons. The summed E-state index contributed by atoms with van der Waals surface area (Å²) in [5.41, 5.74) is 0. The third-order valence-corrected chi connectivity index (χ3v) is 12.7. The highest BCUT2D eigenvalue weighted by molar-refractivity contribution is 7.73. The third-order valence-electron chi connectivity index (χ3n) is 3.35. The topological polar surface area (TPSA) is 0 Å². The van der Waals surface area contributed by atoms with Crippen LogP contribution in [0.15, 0.2) is 53.9 Å². The molecule has 4 rings (SSSR count). The third kappa shape index (κ3) is 3.55. The van der Waals surface area contributed by atoms with Crippen molar-refractivity contribution in [3.8, 4) is 29.3 Å². The first-order valence-electron chi connectivity index (χ1n) is 6.92. The van der Waals surface area contributed by atoms with Gasteiger partial charge in [-0.2, -0.15) is 0 Å². The normalized spacial score (nSPS) is 12.0. The molecule has 0 radical (unpaired) electrons. The Kier molecular flexibility index (Phi) is 4.97. The minimum atomic E-state index is -2.79. The van der Waals surface area contributed by atoms with E-state index < -0.39 is 6.00 Å². The van der Waals surface area contributed by atoms with E-state index in [9.17, 15) is 0 Å². The van der Waals surface area contributed by atoms with Crippen LogP contribution >= 0.6 is 78.6 Å². The van der Waals surface area contributed by atoms with Gasteiger partial charge in [0.2, 0.25) is 0 Å². The molecular weight excluding hydrogens is 455 g/mol. The Balaban J connectivity index is 1.62. The Labute approximate surface area is 171 Å². The van der Waals surface area contributed by atoms with Gasteiger partial charge < -0.3 is 0 Å². The lowest BCUT2D eigenvalue weighted by molar-refractivity contribution is 1.90. The molecule has 0 saturated carbocycles. The SMILES string of the molecule is Cl[Si](Cl)(Cl)c1ccc(-c2ccc(-c3ccc(-c4cccs4)s3)s2)s1. The Morgan fingerprint density at radius 1 is 0.583 bits per heavy atom. The molecule has 0 nitrogen and oxygen atoms in total. The standard InChI is InChI=1S/C16H9Cl3S4Si/c17-24(18,19)16-8-7-15(23-16)14-6-5-13(22-14)12-4-3-11(21-12)10-2-1-9-20-10/h1-9H. The molecule has 0 saturated heterocycles. The van der Waals surface area contributed by atoms with E-state index in [-0.39, 0.29) is 0 Å². The zero-order valence-corrected chi connectivity index (χ0v) is 18.5. The maximum absolute atomic E-state index is 6.10. The molecule has 0 amide bonds. The molecule has 4 aromatic rings. The Morgan fingerprint density at radius 2 is 1.08 bits per heavy atom. The molecule has 0 fully saturated rings. The minimum absolute atomic E-state index is 0.883. The van der Waals surface area contributed by atoms with E-state index in [1.54, 1.807) is 34.0 Å². The summed E-state index contributed by atoms with van der Waals surface area (Å²) in [7, 11) is 0. The number of hydrogen-bond acceptors (Lipinski definition) is 4. The van der Waals surface area contributed by atoms with E-state index in [2.05, 4.69) is 47.8 Å². The highest BCUT2D eigenvalue weighted by Gasteiger charge is 2.30. The summed E-state index contributed by atoms with van der Waals surface area (Å²) in [4.78, 5) is 7.58. The summed E-state index contributed by atoms with van der Waals surface area (Å²) in [5.74, 6) is 0. The van der Waals surface area contributed by atoms with Gasteiger partial charge in [0.05, 0.1) is 0 Å². The number of hydrogen-bond donors (Lipinski definition) is 0. The van der Waals surface area contributed by atoms with Crippen molar-refractivity contribution >= 4 is 89.1 Å². The fourth-order valence-electron chi connectivity index (χ4n) is 2.25. The first kappa shape index (κ1) is 17.3. The molecule has 0 N–H and O–H groups in total. The largest absolute Gasteiger partial charge is 0.383 e. The van der Waals surface area contributed by atoms with E-state index in [1.165, 1.54) is 24.4 Å². The molecule has 0 aliphatic rings. The van der Waals surface area contributed by atoms with Crippen molar-refractivity contribution in [1.29, 1.82) is 0 Å². The molecule has 4 heterocycles. The van der Waals surface area contributed by atoms with Gasteiger partial charge in [-0.1, -0.05) is 6.07 Å². The molecule has 0 atom stereocenters. The van der Waals surface area contributed by atoms with Crippen molar-refractivity contribution in [2.24, 2.45) is 0 Å².